The number of fused-ring (bicyclic) bond motifs is 1. The van der Waals surface area contributed by atoms with E-state index in [4.69, 9.17) is 9.47 Å². The fourth-order valence-electron chi connectivity index (χ4n) is 3.23. The minimum atomic E-state index is -1.22. The van der Waals surface area contributed by atoms with E-state index >= 15 is 0 Å². The van der Waals surface area contributed by atoms with Crippen LogP contribution in [0.4, 0.5) is 0 Å². The molecule has 2 aromatic heterocycles. The van der Waals surface area contributed by atoms with Crippen molar-refractivity contribution in [3.8, 4) is 22.8 Å². The van der Waals surface area contributed by atoms with Crippen molar-refractivity contribution in [2.75, 3.05) is 20.5 Å². The summed E-state index contributed by atoms with van der Waals surface area (Å²) in [6, 6.07) is 12.7. The normalized spacial score (nSPS) is 12.0. The highest BCUT2D eigenvalue weighted by atomic mass is 32.2. The molecule has 0 aliphatic rings. The maximum atomic E-state index is 12.2. The molecule has 0 fully saturated rings. The number of aromatic nitrogens is 3. The van der Waals surface area contributed by atoms with Gasteiger partial charge in [0.2, 0.25) is 5.95 Å². The van der Waals surface area contributed by atoms with Gasteiger partial charge in [0.15, 0.2) is 4.90 Å². The van der Waals surface area contributed by atoms with Crippen molar-refractivity contribution in [2.45, 2.75) is 4.90 Å². The van der Waals surface area contributed by atoms with Gasteiger partial charge in [-0.15, -0.1) is 0 Å². The van der Waals surface area contributed by atoms with E-state index in [0.717, 1.165) is 22.3 Å². The number of benzene rings is 2. The lowest BCUT2D eigenvalue weighted by Gasteiger charge is -2.07. The highest BCUT2D eigenvalue weighted by Gasteiger charge is 2.20. The lowest BCUT2D eigenvalue weighted by atomic mass is 10.1. The molecule has 0 spiro atoms. The summed E-state index contributed by atoms with van der Waals surface area (Å²) in [5.41, 5.74) is 2.84. The molecule has 0 aliphatic heterocycles. The van der Waals surface area contributed by atoms with Gasteiger partial charge in [0.1, 0.15) is 12.0 Å². The van der Waals surface area contributed by atoms with Gasteiger partial charge < -0.3 is 14.0 Å². The zero-order valence-electron chi connectivity index (χ0n) is 16.7. The third-order valence-corrected chi connectivity index (χ3v) is 5.70. The molecule has 0 saturated heterocycles. The van der Waals surface area contributed by atoms with E-state index in [0.29, 0.717) is 21.9 Å². The summed E-state index contributed by atoms with van der Waals surface area (Å²) in [5, 5.41) is 0.768. The molecule has 0 N–H and O–H groups in total. The quantitative estimate of drug-likeness (QED) is 0.361. The molecule has 0 saturated carbocycles. The maximum Gasteiger partial charge on any atom is 0.337 e. The van der Waals surface area contributed by atoms with E-state index in [1.165, 1.54) is 7.11 Å². The largest absolute Gasteiger partial charge is 0.612 e. The number of carbonyl (C=O) groups excluding carboxylic acids is 1. The molecule has 4 aromatic rings. The van der Waals surface area contributed by atoms with Gasteiger partial charge in [-0.25, -0.2) is 14.8 Å². The minimum Gasteiger partial charge on any atom is -0.612 e. The van der Waals surface area contributed by atoms with Crippen LogP contribution in [0.15, 0.2) is 66.0 Å². The fourth-order valence-corrected chi connectivity index (χ4v) is 3.97. The van der Waals surface area contributed by atoms with E-state index in [1.807, 2.05) is 24.3 Å². The predicted octanol–water partition coefficient (Wildman–Crippen LogP) is 3.62. The molecule has 0 amide bonds. The zero-order valence-corrected chi connectivity index (χ0v) is 17.5. The lowest BCUT2D eigenvalue weighted by Crippen LogP contribution is -2.03. The smallest absolute Gasteiger partial charge is 0.337 e. The second kappa shape index (κ2) is 8.17. The van der Waals surface area contributed by atoms with Crippen LogP contribution in [0.5, 0.6) is 5.75 Å². The topological polar surface area (TPSA) is 89.3 Å². The van der Waals surface area contributed by atoms with Gasteiger partial charge in [-0.05, 0) is 47.1 Å². The number of hydrogen-bond donors (Lipinski definition) is 0. The number of ether oxygens (including phenoxy) is 2. The Balaban J connectivity index is 1.80. The first-order valence-corrected chi connectivity index (χ1v) is 10.6. The summed E-state index contributed by atoms with van der Waals surface area (Å²) in [6.07, 6.45) is 6.79. The second-order valence-corrected chi connectivity index (χ2v) is 7.89. The molecule has 152 valence electrons. The second-order valence-electron chi connectivity index (χ2n) is 6.54. The molecule has 0 radical (unpaired) electrons. The molecule has 0 aliphatic carbocycles. The van der Waals surface area contributed by atoms with Crippen LogP contribution >= 0.6 is 0 Å². The first kappa shape index (κ1) is 19.9. The zero-order chi connectivity index (χ0) is 21.3. The van der Waals surface area contributed by atoms with Gasteiger partial charge in [0.05, 0.1) is 36.9 Å². The van der Waals surface area contributed by atoms with Gasteiger partial charge in [0.25, 0.3) is 0 Å². The third-order valence-electron chi connectivity index (χ3n) is 4.76. The van der Waals surface area contributed by atoms with E-state index in [1.54, 1.807) is 54.7 Å². The van der Waals surface area contributed by atoms with Crippen LogP contribution in [0.2, 0.25) is 0 Å². The molecule has 2 aromatic carbocycles. The van der Waals surface area contributed by atoms with Gasteiger partial charge in [-0.3, -0.25) is 4.57 Å². The number of rotatable bonds is 5. The van der Waals surface area contributed by atoms with Crippen LogP contribution in [0.25, 0.3) is 28.0 Å². The Kier molecular flexibility index (Phi) is 5.43. The average molecular weight is 421 g/mol. The summed E-state index contributed by atoms with van der Waals surface area (Å²) < 4.78 is 24.1. The molecular weight excluding hydrogens is 402 g/mol. The molecule has 7 nitrogen and oxygen atoms in total. The summed E-state index contributed by atoms with van der Waals surface area (Å²) in [4.78, 5) is 21.6. The van der Waals surface area contributed by atoms with Crippen LogP contribution < -0.4 is 4.74 Å². The first-order chi connectivity index (χ1) is 14.5. The summed E-state index contributed by atoms with van der Waals surface area (Å²) >= 11 is -1.22. The van der Waals surface area contributed by atoms with Crippen LogP contribution in [0.1, 0.15) is 10.4 Å². The van der Waals surface area contributed by atoms with Crippen LogP contribution in [-0.2, 0) is 15.9 Å². The van der Waals surface area contributed by atoms with Crippen molar-refractivity contribution in [2.24, 2.45) is 0 Å². The molecular formula is C22H19N3O4S. The van der Waals surface area contributed by atoms with E-state index in [9.17, 15) is 9.35 Å². The molecule has 0 bridgehead atoms. The van der Waals surface area contributed by atoms with Crippen LogP contribution in [0.3, 0.4) is 0 Å². The van der Waals surface area contributed by atoms with Gasteiger partial charge in [-0.2, -0.15) is 0 Å². The van der Waals surface area contributed by atoms with Crippen LogP contribution in [-0.4, -0.2) is 45.5 Å². The number of hydrogen-bond acceptors (Lipinski definition) is 6. The number of esters is 1. The fraction of sp³-hybridized carbons (Fsp3) is 0.136. The van der Waals surface area contributed by atoms with Crippen molar-refractivity contribution in [1.29, 1.82) is 0 Å². The third kappa shape index (κ3) is 3.62. The van der Waals surface area contributed by atoms with Gasteiger partial charge in [-0.1, -0.05) is 12.1 Å². The molecule has 1 atom stereocenters. The average Bonchev–Trinajstić information content (AvgIpc) is 3.18. The van der Waals surface area contributed by atoms with Crippen molar-refractivity contribution in [3.05, 3.63) is 66.6 Å². The Morgan fingerprint density at radius 2 is 1.83 bits per heavy atom. The van der Waals surface area contributed by atoms with Crippen LogP contribution in [0, 0.1) is 0 Å². The van der Waals surface area contributed by atoms with E-state index < -0.39 is 17.1 Å². The Hall–Kier alpha value is -3.36. The van der Waals surface area contributed by atoms with E-state index in [-0.39, 0.29) is 0 Å². The number of methoxy groups -OCH3 is 2. The maximum absolute atomic E-state index is 12.2. The number of carbonyl (C=O) groups is 1. The molecule has 1 unspecified atom stereocenters. The summed E-state index contributed by atoms with van der Waals surface area (Å²) in [7, 11) is 2.95. The lowest BCUT2D eigenvalue weighted by molar-refractivity contribution is 0.0601. The summed E-state index contributed by atoms with van der Waals surface area (Å²) in [6.45, 7) is 0. The standard InChI is InChI=1S/C22H19N3O4S/c1-28-17-6-4-5-14(9-17)16-11-23-22(24-12-16)25-13-20(30(3)27)18-8-7-15(10-19(18)25)21(26)29-2/h4-13H,1-3H3. The molecule has 2 heterocycles. The predicted molar refractivity (Wildman–Crippen MR) is 115 cm³/mol. The molecule has 4 rings (SSSR count). The Labute approximate surface area is 176 Å². The highest BCUT2D eigenvalue weighted by molar-refractivity contribution is 7.91. The van der Waals surface area contributed by atoms with Crippen molar-refractivity contribution in [3.63, 3.8) is 0 Å². The summed E-state index contributed by atoms with van der Waals surface area (Å²) in [5.74, 6) is 0.710. The molecule has 8 heteroatoms. The first-order valence-electron chi connectivity index (χ1n) is 9.05. The minimum absolute atomic E-state index is 0.394. The Morgan fingerprint density at radius 1 is 1.07 bits per heavy atom. The Morgan fingerprint density at radius 3 is 2.50 bits per heavy atom. The van der Waals surface area contributed by atoms with Crippen molar-refractivity contribution in [1.82, 2.24) is 14.5 Å². The Bertz CT molecular complexity index is 1220. The van der Waals surface area contributed by atoms with Crippen molar-refractivity contribution >= 4 is 28.0 Å². The molecule has 30 heavy (non-hydrogen) atoms. The van der Waals surface area contributed by atoms with E-state index in [2.05, 4.69) is 9.97 Å². The SMILES string of the molecule is COC(=O)c1ccc2c([S+](C)[O-])cn(-c3ncc(-c4cccc(OC)c4)cn3)c2c1. The monoisotopic (exact) mass is 421 g/mol. The van der Waals surface area contributed by atoms with Crippen molar-refractivity contribution < 1.29 is 18.8 Å². The van der Waals surface area contributed by atoms with Gasteiger partial charge in [0, 0.05) is 18.0 Å². The van der Waals surface area contributed by atoms with Gasteiger partial charge >= 0.3 is 5.97 Å². The number of nitrogens with zero attached hydrogens (tertiary/aromatic N) is 3. The highest BCUT2D eigenvalue weighted by Crippen LogP contribution is 2.29.